The van der Waals surface area contributed by atoms with Gasteiger partial charge in [-0.25, -0.2) is 4.99 Å². The van der Waals surface area contributed by atoms with Gasteiger partial charge in [0.15, 0.2) is 17.5 Å². The first-order chi connectivity index (χ1) is 11.2. The van der Waals surface area contributed by atoms with Crippen molar-refractivity contribution in [2.75, 3.05) is 26.1 Å². The van der Waals surface area contributed by atoms with Gasteiger partial charge in [-0.2, -0.15) is 0 Å². The second-order valence-electron chi connectivity index (χ2n) is 4.60. The molecule has 0 fully saturated rings. The number of anilines is 1. The van der Waals surface area contributed by atoms with E-state index in [1.807, 2.05) is 31.2 Å². The number of thiophene rings is 1. The zero-order chi connectivity index (χ0) is 16.7. The lowest BCUT2D eigenvalue weighted by atomic mass is 10.3. The highest BCUT2D eigenvalue weighted by Gasteiger charge is 2.06. The van der Waals surface area contributed by atoms with E-state index in [1.54, 1.807) is 25.6 Å². The minimum Gasteiger partial charge on any atom is -0.493 e. The Balaban J connectivity index is 0.00000288. The summed E-state index contributed by atoms with van der Waals surface area (Å²) in [5.74, 6) is 2.10. The van der Waals surface area contributed by atoms with Gasteiger partial charge in [-0.15, -0.1) is 35.3 Å². The molecule has 2 aromatic rings. The van der Waals surface area contributed by atoms with E-state index in [2.05, 4.69) is 37.6 Å². The first kappa shape index (κ1) is 21.0. The average Bonchev–Trinajstić information content (AvgIpc) is 2.98. The van der Waals surface area contributed by atoms with Crippen molar-refractivity contribution in [3.05, 3.63) is 39.0 Å². The van der Waals surface area contributed by atoms with E-state index in [9.17, 15) is 0 Å². The van der Waals surface area contributed by atoms with Crippen LogP contribution >= 0.6 is 51.2 Å². The molecule has 2 N–H and O–H groups in total. The molecule has 0 atom stereocenters. The number of aliphatic imine (C=N–C) groups is 1. The van der Waals surface area contributed by atoms with Gasteiger partial charge in [0.1, 0.15) is 0 Å². The van der Waals surface area contributed by atoms with Crippen LogP contribution in [0, 0.1) is 0 Å². The summed E-state index contributed by atoms with van der Waals surface area (Å²) in [7, 11) is 3.24. The summed E-state index contributed by atoms with van der Waals surface area (Å²) in [6, 6.07) is 9.77. The van der Waals surface area contributed by atoms with E-state index in [1.165, 1.54) is 4.88 Å². The van der Waals surface area contributed by atoms with Crippen molar-refractivity contribution in [3.8, 4) is 11.5 Å². The van der Waals surface area contributed by atoms with Crippen molar-refractivity contribution in [1.82, 2.24) is 5.32 Å². The van der Waals surface area contributed by atoms with E-state index in [-0.39, 0.29) is 24.0 Å². The molecule has 0 saturated heterocycles. The van der Waals surface area contributed by atoms with Crippen molar-refractivity contribution < 1.29 is 9.47 Å². The highest BCUT2D eigenvalue weighted by molar-refractivity contribution is 14.0. The summed E-state index contributed by atoms with van der Waals surface area (Å²) in [6.45, 7) is 3.44. The van der Waals surface area contributed by atoms with Gasteiger partial charge in [-0.1, -0.05) is 0 Å². The van der Waals surface area contributed by atoms with Crippen LogP contribution in [0.4, 0.5) is 5.69 Å². The Labute approximate surface area is 172 Å². The highest BCUT2D eigenvalue weighted by atomic mass is 127. The van der Waals surface area contributed by atoms with Crippen LogP contribution in [-0.2, 0) is 6.54 Å². The molecule has 0 saturated carbocycles. The lowest BCUT2D eigenvalue weighted by Crippen LogP contribution is -2.30. The number of hydrogen-bond acceptors (Lipinski definition) is 4. The van der Waals surface area contributed by atoms with E-state index < -0.39 is 0 Å². The number of halogens is 2. The van der Waals surface area contributed by atoms with Crippen molar-refractivity contribution in [1.29, 1.82) is 0 Å². The third kappa shape index (κ3) is 6.14. The first-order valence-electron chi connectivity index (χ1n) is 7.17. The minimum absolute atomic E-state index is 0. The van der Waals surface area contributed by atoms with Gasteiger partial charge < -0.3 is 20.1 Å². The summed E-state index contributed by atoms with van der Waals surface area (Å²) >= 11 is 5.15. The number of methoxy groups -OCH3 is 2. The second kappa shape index (κ2) is 10.8. The molecular weight excluding hydrogens is 505 g/mol. The molecule has 24 heavy (non-hydrogen) atoms. The van der Waals surface area contributed by atoms with Crippen LogP contribution in [0.3, 0.4) is 0 Å². The van der Waals surface area contributed by atoms with Gasteiger partial charge in [0.05, 0.1) is 24.6 Å². The molecule has 0 radical (unpaired) electrons. The van der Waals surface area contributed by atoms with Gasteiger partial charge in [0, 0.05) is 23.2 Å². The highest BCUT2D eigenvalue weighted by Crippen LogP contribution is 2.29. The third-order valence-electron chi connectivity index (χ3n) is 3.01. The van der Waals surface area contributed by atoms with Gasteiger partial charge in [0.2, 0.25) is 0 Å². The Morgan fingerprint density at radius 1 is 1.17 bits per heavy atom. The summed E-state index contributed by atoms with van der Waals surface area (Å²) < 4.78 is 11.7. The maximum atomic E-state index is 5.32. The quantitative estimate of drug-likeness (QED) is 0.325. The summed E-state index contributed by atoms with van der Waals surface area (Å²) in [5, 5.41) is 6.51. The van der Waals surface area contributed by atoms with E-state index in [4.69, 9.17) is 9.47 Å². The Hall–Kier alpha value is -1.00. The fraction of sp³-hybridized carbons (Fsp3) is 0.312. The number of guanidine groups is 1. The molecule has 1 aromatic carbocycles. The van der Waals surface area contributed by atoms with Gasteiger partial charge in [-0.3, -0.25) is 0 Å². The monoisotopic (exact) mass is 525 g/mol. The fourth-order valence-corrected chi connectivity index (χ4v) is 3.36. The molecular formula is C16H21BrIN3O2S. The molecule has 8 heteroatoms. The molecule has 132 valence electrons. The van der Waals surface area contributed by atoms with Crippen LogP contribution in [0.5, 0.6) is 11.5 Å². The number of ether oxygens (including phenoxy) is 2. The maximum Gasteiger partial charge on any atom is 0.196 e. The number of rotatable bonds is 6. The fourth-order valence-electron chi connectivity index (χ4n) is 1.95. The SMILES string of the molecule is CCNC(=NCc1ccc(Br)s1)Nc1ccc(OC)c(OC)c1.I. The van der Waals surface area contributed by atoms with Crippen molar-refractivity contribution in [2.24, 2.45) is 4.99 Å². The topological polar surface area (TPSA) is 54.9 Å². The van der Waals surface area contributed by atoms with Crippen LogP contribution in [0.25, 0.3) is 0 Å². The Bertz CT molecular complexity index is 679. The molecule has 0 unspecified atom stereocenters. The number of hydrogen-bond donors (Lipinski definition) is 2. The smallest absolute Gasteiger partial charge is 0.196 e. The normalized spacial score (nSPS) is 10.8. The Kier molecular flexibility index (Phi) is 9.45. The predicted octanol–water partition coefficient (Wildman–Crippen LogP) is 4.72. The Morgan fingerprint density at radius 3 is 2.50 bits per heavy atom. The van der Waals surface area contributed by atoms with Crippen molar-refractivity contribution in [2.45, 2.75) is 13.5 Å². The van der Waals surface area contributed by atoms with Gasteiger partial charge >= 0.3 is 0 Å². The van der Waals surface area contributed by atoms with E-state index >= 15 is 0 Å². The van der Waals surface area contributed by atoms with Gasteiger partial charge in [-0.05, 0) is 47.1 Å². The third-order valence-corrected chi connectivity index (χ3v) is 4.62. The van der Waals surface area contributed by atoms with Crippen LogP contribution < -0.4 is 20.1 Å². The maximum absolute atomic E-state index is 5.32. The van der Waals surface area contributed by atoms with Crippen LogP contribution in [0.15, 0.2) is 39.1 Å². The molecule has 0 amide bonds. The molecule has 0 aliphatic heterocycles. The van der Waals surface area contributed by atoms with Crippen LogP contribution in [-0.4, -0.2) is 26.7 Å². The molecule has 1 aromatic heterocycles. The zero-order valence-corrected chi connectivity index (χ0v) is 18.5. The number of nitrogens with zero attached hydrogens (tertiary/aromatic N) is 1. The second-order valence-corrected chi connectivity index (χ2v) is 7.14. The predicted molar refractivity (Wildman–Crippen MR) is 115 cm³/mol. The molecule has 1 heterocycles. The van der Waals surface area contributed by atoms with Crippen LogP contribution in [0.2, 0.25) is 0 Å². The Morgan fingerprint density at radius 2 is 1.92 bits per heavy atom. The number of nitrogens with one attached hydrogen (secondary N) is 2. The summed E-state index contributed by atoms with van der Waals surface area (Å²) in [5.41, 5.74) is 0.884. The molecule has 0 aliphatic carbocycles. The van der Waals surface area contributed by atoms with Gasteiger partial charge in [0.25, 0.3) is 0 Å². The molecule has 2 rings (SSSR count). The van der Waals surface area contributed by atoms with Crippen molar-refractivity contribution in [3.63, 3.8) is 0 Å². The van der Waals surface area contributed by atoms with E-state index in [0.717, 1.165) is 22.0 Å². The largest absolute Gasteiger partial charge is 0.493 e. The molecule has 0 spiro atoms. The minimum atomic E-state index is 0. The lowest BCUT2D eigenvalue weighted by molar-refractivity contribution is 0.355. The zero-order valence-electron chi connectivity index (χ0n) is 13.8. The van der Waals surface area contributed by atoms with Crippen LogP contribution in [0.1, 0.15) is 11.8 Å². The standard InChI is InChI=1S/C16H20BrN3O2S.HI/c1-4-18-16(19-10-12-6-8-15(17)23-12)20-11-5-7-13(21-2)14(9-11)22-3;/h5-9H,4,10H2,1-3H3,(H2,18,19,20);1H. The van der Waals surface area contributed by atoms with Crippen molar-refractivity contribution >= 4 is 62.9 Å². The molecule has 0 aliphatic rings. The first-order valence-corrected chi connectivity index (χ1v) is 8.78. The van der Waals surface area contributed by atoms with E-state index in [0.29, 0.717) is 18.0 Å². The summed E-state index contributed by atoms with van der Waals surface area (Å²) in [6.07, 6.45) is 0. The molecule has 0 bridgehead atoms. The molecule has 5 nitrogen and oxygen atoms in total. The number of benzene rings is 1. The average molecular weight is 526 g/mol. The summed E-state index contributed by atoms with van der Waals surface area (Å²) in [4.78, 5) is 5.80. The lowest BCUT2D eigenvalue weighted by Gasteiger charge is -2.13.